The van der Waals surface area contributed by atoms with Crippen molar-refractivity contribution < 1.29 is 14.7 Å². The summed E-state index contributed by atoms with van der Waals surface area (Å²) < 4.78 is 0. The van der Waals surface area contributed by atoms with E-state index in [1.54, 1.807) is 0 Å². The van der Waals surface area contributed by atoms with Gasteiger partial charge < -0.3 is 15.3 Å². The first-order chi connectivity index (χ1) is 9.28. The predicted octanol–water partition coefficient (Wildman–Crippen LogP) is 2.85. The quantitative estimate of drug-likeness (QED) is 0.834. The van der Waals surface area contributed by atoms with Crippen molar-refractivity contribution in [1.82, 2.24) is 10.2 Å². The molecule has 116 valence electrons. The minimum Gasteiger partial charge on any atom is -0.481 e. The van der Waals surface area contributed by atoms with Crippen molar-refractivity contribution in [2.45, 2.75) is 65.3 Å². The van der Waals surface area contributed by atoms with Gasteiger partial charge in [0.15, 0.2) is 0 Å². The summed E-state index contributed by atoms with van der Waals surface area (Å²) in [5.41, 5.74) is -0.00775. The first-order valence-corrected chi connectivity index (χ1v) is 7.55. The Morgan fingerprint density at radius 1 is 1.15 bits per heavy atom. The van der Waals surface area contributed by atoms with Crippen LogP contribution >= 0.6 is 0 Å². The van der Waals surface area contributed by atoms with Gasteiger partial charge in [-0.15, -0.1) is 0 Å². The number of hydrogen-bond donors (Lipinski definition) is 2. The van der Waals surface area contributed by atoms with Gasteiger partial charge in [-0.2, -0.15) is 0 Å². The van der Waals surface area contributed by atoms with Crippen LogP contribution in [-0.4, -0.2) is 41.1 Å². The predicted molar refractivity (Wildman–Crippen MR) is 78.7 cm³/mol. The number of urea groups is 1. The van der Waals surface area contributed by atoms with Gasteiger partial charge in [-0.3, -0.25) is 4.79 Å². The molecule has 0 saturated carbocycles. The van der Waals surface area contributed by atoms with Crippen LogP contribution in [0.4, 0.5) is 4.79 Å². The highest BCUT2D eigenvalue weighted by Crippen LogP contribution is 2.22. The zero-order valence-corrected chi connectivity index (χ0v) is 12.9. The SMILES string of the molecule is CC(C)(C)CC(CC(=O)O)NC(=O)N1CCCCCC1. The summed E-state index contributed by atoms with van der Waals surface area (Å²) in [4.78, 5) is 25.0. The third-order valence-electron chi connectivity index (χ3n) is 3.50. The van der Waals surface area contributed by atoms with Gasteiger partial charge in [-0.05, 0) is 24.7 Å². The molecule has 1 saturated heterocycles. The molecule has 0 bridgehead atoms. The maximum atomic E-state index is 12.3. The Hall–Kier alpha value is -1.26. The molecule has 1 aliphatic heterocycles. The number of aliphatic carboxylic acids is 1. The molecule has 20 heavy (non-hydrogen) atoms. The molecule has 1 heterocycles. The van der Waals surface area contributed by atoms with E-state index in [2.05, 4.69) is 26.1 Å². The smallest absolute Gasteiger partial charge is 0.317 e. The molecule has 5 heteroatoms. The highest BCUT2D eigenvalue weighted by molar-refractivity contribution is 5.76. The Morgan fingerprint density at radius 3 is 2.15 bits per heavy atom. The molecule has 1 atom stereocenters. The van der Waals surface area contributed by atoms with Crippen LogP contribution in [-0.2, 0) is 4.79 Å². The molecule has 2 N–H and O–H groups in total. The number of hydrogen-bond acceptors (Lipinski definition) is 2. The lowest BCUT2D eigenvalue weighted by Gasteiger charge is -2.29. The lowest BCUT2D eigenvalue weighted by molar-refractivity contribution is -0.137. The Bertz CT molecular complexity index is 329. The van der Waals surface area contributed by atoms with Crippen molar-refractivity contribution in [2.75, 3.05) is 13.1 Å². The fourth-order valence-electron chi connectivity index (χ4n) is 2.66. The topological polar surface area (TPSA) is 69.6 Å². The number of carboxylic acids is 1. The van der Waals surface area contributed by atoms with Gasteiger partial charge in [-0.1, -0.05) is 33.6 Å². The third-order valence-corrected chi connectivity index (χ3v) is 3.50. The number of carbonyl (C=O) groups excluding carboxylic acids is 1. The summed E-state index contributed by atoms with van der Waals surface area (Å²) >= 11 is 0. The van der Waals surface area contributed by atoms with Gasteiger partial charge in [0.2, 0.25) is 0 Å². The van der Waals surface area contributed by atoms with Crippen molar-refractivity contribution in [2.24, 2.45) is 5.41 Å². The average Bonchev–Trinajstić information content (AvgIpc) is 2.53. The Kier molecular flexibility index (Phi) is 6.30. The summed E-state index contributed by atoms with van der Waals surface area (Å²) in [5.74, 6) is -0.865. The standard InChI is InChI=1S/C15H28N2O3/c1-15(2,3)11-12(10-13(18)19)16-14(20)17-8-6-4-5-7-9-17/h12H,4-11H2,1-3H3,(H,16,20)(H,18,19). The van der Waals surface area contributed by atoms with Crippen LogP contribution in [0, 0.1) is 5.41 Å². The minimum absolute atomic E-state index is 0.00775. The largest absolute Gasteiger partial charge is 0.481 e. The van der Waals surface area contributed by atoms with Gasteiger partial charge in [0.25, 0.3) is 0 Å². The maximum absolute atomic E-state index is 12.3. The fraction of sp³-hybridized carbons (Fsp3) is 0.867. The van der Waals surface area contributed by atoms with E-state index in [9.17, 15) is 9.59 Å². The van der Waals surface area contributed by atoms with Crippen molar-refractivity contribution in [3.8, 4) is 0 Å². The molecule has 2 amide bonds. The van der Waals surface area contributed by atoms with Crippen LogP contribution in [0.3, 0.4) is 0 Å². The van der Waals surface area contributed by atoms with Gasteiger partial charge in [-0.25, -0.2) is 4.79 Å². The Morgan fingerprint density at radius 2 is 1.70 bits per heavy atom. The van der Waals surface area contributed by atoms with Crippen LogP contribution in [0.5, 0.6) is 0 Å². The maximum Gasteiger partial charge on any atom is 0.317 e. The normalized spacial score (nSPS) is 18.2. The van der Waals surface area contributed by atoms with Crippen LogP contribution in [0.25, 0.3) is 0 Å². The summed E-state index contributed by atoms with van der Waals surface area (Å²) in [6.45, 7) is 7.72. The molecule has 5 nitrogen and oxygen atoms in total. The highest BCUT2D eigenvalue weighted by atomic mass is 16.4. The van der Waals surface area contributed by atoms with Crippen LogP contribution in [0.2, 0.25) is 0 Å². The second-order valence-electron chi connectivity index (χ2n) is 6.91. The van der Waals surface area contributed by atoms with E-state index in [1.807, 2.05) is 4.90 Å². The van der Waals surface area contributed by atoms with E-state index in [-0.39, 0.29) is 23.9 Å². The second kappa shape index (κ2) is 7.50. The van der Waals surface area contributed by atoms with Crippen molar-refractivity contribution in [3.63, 3.8) is 0 Å². The summed E-state index contributed by atoms with van der Waals surface area (Å²) in [7, 11) is 0. The Balaban J connectivity index is 2.57. The molecule has 1 rings (SSSR count). The van der Waals surface area contributed by atoms with E-state index in [0.29, 0.717) is 6.42 Å². The van der Waals surface area contributed by atoms with E-state index in [0.717, 1.165) is 25.9 Å². The molecule has 1 unspecified atom stereocenters. The number of amides is 2. The third kappa shape index (κ3) is 6.78. The van der Waals surface area contributed by atoms with E-state index < -0.39 is 5.97 Å². The van der Waals surface area contributed by atoms with Crippen LogP contribution in [0.1, 0.15) is 59.3 Å². The second-order valence-corrected chi connectivity index (χ2v) is 6.91. The first kappa shape index (κ1) is 16.8. The van der Waals surface area contributed by atoms with Crippen LogP contribution in [0.15, 0.2) is 0 Å². The van der Waals surface area contributed by atoms with Gasteiger partial charge >= 0.3 is 12.0 Å². The zero-order valence-electron chi connectivity index (χ0n) is 12.9. The summed E-state index contributed by atoms with van der Waals surface area (Å²) in [6.07, 6.45) is 5.07. The van der Waals surface area contributed by atoms with Crippen molar-refractivity contribution in [1.29, 1.82) is 0 Å². The monoisotopic (exact) mass is 284 g/mol. The fourth-order valence-corrected chi connectivity index (χ4v) is 2.66. The highest BCUT2D eigenvalue weighted by Gasteiger charge is 2.25. The number of likely N-dealkylation sites (tertiary alicyclic amines) is 1. The molecule has 0 aromatic heterocycles. The molecule has 0 radical (unpaired) electrons. The molecule has 1 fully saturated rings. The zero-order chi connectivity index (χ0) is 15.2. The summed E-state index contributed by atoms with van der Waals surface area (Å²) in [5, 5.41) is 11.9. The molecule has 0 aromatic rings. The van der Waals surface area contributed by atoms with Crippen molar-refractivity contribution in [3.05, 3.63) is 0 Å². The summed E-state index contributed by atoms with van der Waals surface area (Å²) in [6, 6.07) is -0.411. The van der Waals surface area contributed by atoms with Gasteiger partial charge in [0.1, 0.15) is 0 Å². The molecule has 0 aromatic carbocycles. The van der Waals surface area contributed by atoms with Crippen molar-refractivity contribution >= 4 is 12.0 Å². The first-order valence-electron chi connectivity index (χ1n) is 7.55. The number of carbonyl (C=O) groups is 2. The van der Waals surface area contributed by atoms with E-state index >= 15 is 0 Å². The number of nitrogens with one attached hydrogen (secondary N) is 1. The average molecular weight is 284 g/mol. The van der Waals surface area contributed by atoms with Gasteiger partial charge in [0, 0.05) is 19.1 Å². The molecule has 0 spiro atoms. The molecule has 0 aliphatic carbocycles. The lowest BCUT2D eigenvalue weighted by atomic mass is 9.87. The number of nitrogens with zero attached hydrogens (tertiary/aromatic N) is 1. The van der Waals surface area contributed by atoms with E-state index in [1.165, 1.54) is 12.8 Å². The Labute approximate surface area is 121 Å². The molecule has 1 aliphatic rings. The number of carboxylic acid groups (broad SMARTS) is 1. The van der Waals surface area contributed by atoms with Crippen LogP contribution < -0.4 is 5.32 Å². The minimum atomic E-state index is -0.865. The van der Waals surface area contributed by atoms with E-state index in [4.69, 9.17) is 5.11 Å². The molecular formula is C15H28N2O3. The number of rotatable bonds is 4. The molecular weight excluding hydrogens is 256 g/mol. The lowest BCUT2D eigenvalue weighted by Crippen LogP contribution is -2.47. The van der Waals surface area contributed by atoms with Gasteiger partial charge in [0.05, 0.1) is 6.42 Å².